The Morgan fingerprint density at radius 1 is 1.29 bits per heavy atom. The number of hydrogen-bond acceptors (Lipinski definition) is 6. The second-order valence-corrected chi connectivity index (χ2v) is 7.16. The van der Waals surface area contributed by atoms with Gasteiger partial charge >= 0.3 is 0 Å². The average molecular weight is 345 g/mol. The fraction of sp³-hybridized carbons (Fsp3) is 0.529. The van der Waals surface area contributed by atoms with E-state index in [-0.39, 0.29) is 11.8 Å². The van der Waals surface area contributed by atoms with Gasteiger partial charge in [0.25, 0.3) is 0 Å². The third kappa shape index (κ3) is 4.29. The molecule has 0 saturated carbocycles. The number of amides is 1. The molecular formula is C17H23N5OS. The van der Waals surface area contributed by atoms with Crippen LogP contribution >= 0.6 is 11.3 Å². The molecule has 24 heavy (non-hydrogen) atoms. The van der Waals surface area contributed by atoms with E-state index in [4.69, 9.17) is 0 Å². The van der Waals surface area contributed by atoms with Crippen LogP contribution in [0.15, 0.2) is 17.6 Å². The molecule has 2 aromatic rings. The van der Waals surface area contributed by atoms with Gasteiger partial charge in [0, 0.05) is 54.9 Å². The van der Waals surface area contributed by atoms with Gasteiger partial charge in [-0.3, -0.25) is 4.79 Å². The molecule has 1 N–H and O–H groups in total. The zero-order chi connectivity index (χ0) is 16.9. The summed E-state index contributed by atoms with van der Waals surface area (Å²) >= 11 is 1.63. The van der Waals surface area contributed by atoms with Gasteiger partial charge in [0.1, 0.15) is 0 Å². The number of aromatic nitrogens is 3. The largest absolute Gasteiger partial charge is 0.355 e. The van der Waals surface area contributed by atoms with E-state index in [9.17, 15) is 4.79 Å². The number of nitrogens with one attached hydrogen (secondary N) is 1. The van der Waals surface area contributed by atoms with Crippen LogP contribution in [0.4, 0.5) is 5.95 Å². The molecule has 1 amide bonds. The number of carbonyl (C=O) groups is 1. The van der Waals surface area contributed by atoms with Gasteiger partial charge in [0.2, 0.25) is 11.9 Å². The molecule has 1 saturated heterocycles. The molecule has 3 heterocycles. The summed E-state index contributed by atoms with van der Waals surface area (Å²) in [5.74, 6) is 1.03. The van der Waals surface area contributed by atoms with Crippen molar-refractivity contribution in [1.29, 1.82) is 0 Å². The van der Waals surface area contributed by atoms with E-state index in [0.717, 1.165) is 54.7 Å². The van der Waals surface area contributed by atoms with Gasteiger partial charge in [-0.15, -0.1) is 11.3 Å². The Balaban J connectivity index is 1.46. The number of thiazole rings is 1. The van der Waals surface area contributed by atoms with Gasteiger partial charge < -0.3 is 10.2 Å². The monoisotopic (exact) mass is 345 g/mol. The molecule has 1 aliphatic heterocycles. The number of hydrogen-bond donors (Lipinski definition) is 1. The Morgan fingerprint density at radius 3 is 2.62 bits per heavy atom. The highest BCUT2D eigenvalue weighted by molar-refractivity contribution is 7.09. The van der Waals surface area contributed by atoms with E-state index in [2.05, 4.69) is 25.2 Å². The summed E-state index contributed by atoms with van der Waals surface area (Å²) in [6, 6.07) is 1.98. The second kappa shape index (κ2) is 7.70. The molecule has 0 aliphatic carbocycles. The van der Waals surface area contributed by atoms with Gasteiger partial charge in [0.15, 0.2) is 0 Å². The van der Waals surface area contributed by atoms with E-state index in [0.29, 0.717) is 6.54 Å². The third-order valence-corrected chi connectivity index (χ3v) is 5.08. The Hall–Kier alpha value is -2.02. The van der Waals surface area contributed by atoms with E-state index >= 15 is 0 Å². The number of rotatable bonds is 5. The van der Waals surface area contributed by atoms with Crippen molar-refractivity contribution in [3.8, 4) is 0 Å². The Morgan fingerprint density at radius 2 is 2.00 bits per heavy atom. The lowest BCUT2D eigenvalue weighted by Crippen LogP contribution is -2.41. The normalized spacial score (nSPS) is 15.5. The lowest BCUT2D eigenvalue weighted by atomic mass is 9.96. The van der Waals surface area contributed by atoms with Crippen LogP contribution in [0.3, 0.4) is 0 Å². The fourth-order valence-electron chi connectivity index (χ4n) is 3.00. The van der Waals surface area contributed by atoms with Gasteiger partial charge in [-0.2, -0.15) is 0 Å². The SMILES string of the molecule is Cc1cc(C)nc(N2CCC(C(=O)NCCc3nccs3)CC2)n1. The maximum Gasteiger partial charge on any atom is 0.225 e. The molecule has 0 spiro atoms. The first-order valence-electron chi connectivity index (χ1n) is 8.35. The second-order valence-electron chi connectivity index (χ2n) is 6.18. The molecule has 0 unspecified atom stereocenters. The summed E-state index contributed by atoms with van der Waals surface area (Å²) in [6.07, 6.45) is 4.30. The Labute approximate surface area is 146 Å². The average Bonchev–Trinajstić information content (AvgIpc) is 3.07. The molecule has 1 aliphatic rings. The van der Waals surface area contributed by atoms with Crippen LogP contribution in [-0.4, -0.2) is 40.5 Å². The zero-order valence-corrected chi connectivity index (χ0v) is 15.0. The number of piperidine rings is 1. The standard InChI is InChI=1S/C17H23N5OS/c1-12-11-13(2)21-17(20-12)22-8-4-14(5-9-22)16(23)19-6-3-15-18-7-10-24-15/h7,10-11,14H,3-6,8-9H2,1-2H3,(H,19,23). The van der Waals surface area contributed by atoms with Crippen molar-refractivity contribution < 1.29 is 4.79 Å². The van der Waals surface area contributed by atoms with Crippen LogP contribution < -0.4 is 10.2 Å². The first kappa shape index (κ1) is 16.8. The van der Waals surface area contributed by atoms with Crippen molar-refractivity contribution in [3.05, 3.63) is 34.0 Å². The quantitative estimate of drug-likeness (QED) is 0.899. The molecule has 6 nitrogen and oxygen atoms in total. The highest BCUT2D eigenvalue weighted by atomic mass is 32.1. The van der Waals surface area contributed by atoms with Crippen LogP contribution in [0, 0.1) is 19.8 Å². The van der Waals surface area contributed by atoms with Crippen molar-refractivity contribution >= 4 is 23.2 Å². The zero-order valence-electron chi connectivity index (χ0n) is 14.2. The van der Waals surface area contributed by atoms with Gasteiger partial charge in [-0.1, -0.05) is 0 Å². The van der Waals surface area contributed by atoms with Gasteiger partial charge in [-0.25, -0.2) is 15.0 Å². The first-order chi connectivity index (χ1) is 11.6. The topological polar surface area (TPSA) is 71.0 Å². The number of aryl methyl sites for hydroxylation is 2. The summed E-state index contributed by atoms with van der Waals surface area (Å²) in [6.45, 7) is 6.29. The lowest BCUT2D eigenvalue weighted by Gasteiger charge is -2.31. The van der Waals surface area contributed by atoms with Crippen molar-refractivity contribution in [2.24, 2.45) is 5.92 Å². The van der Waals surface area contributed by atoms with E-state index < -0.39 is 0 Å². The predicted molar refractivity (Wildman–Crippen MR) is 95.3 cm³/mol. The van der Waals surface area contributed by atoms with Crippen LogP contribution in [0.25, 0.3) is 0 Å². The van der Waals surface area contributed by atoms with Crippen LogP contribution in [-0.2, 0) is 11.2 Å². The van der Waals surface area contributed by atoms with Crippen LogP contribution in [0.1, 0.15) is 29.2 Å². The summed E-state index contributed by atoms with van der Waals surface area (Å²) < 4.78 is 0. The minimum Gasteiger partial charge on any atom is -0.355 e. The molecular weight excluding hydrogens is 322 g/mol. The third-order valence-electron chi connectivity index (χ3n) is 4.24. The lowest BCUT2D eigenvalue weighted by molar-refractivity contribution is -0.125. The first-order valence-corrected chi connectivity index (χ1v) is 9.23. The summed E-state index contributed by atoms with van der Waals surface area (Å²) in [4.78, 5) is 27.7. The Bertz CT molecular complexity index is 660. The molecule has 0 aromatic carbocycles. The number of carbonyl (C=O) groups excluding carboxylic acids is 1. The van der Waals surface area contributed by atoms with Crippen LogP contribution in [0.2, 0.25) is 0 Å². The molecule has 0 radical (unpaired) electrons. The predicted octanol–water partition coefficient (Wildman–Crippen LogP) is 2.13. The van der Waals surface area contributed by atoms with Crippen molar-refractivity contribution in [2.75, 3.05) is 24.5 Å². The minimum atomic E-state index is 0.0865. The van der Waals surface area contributed by atoms with E-state index in [1.807, 2.05) is 25.3 Å². The van der Waals surface area contributed by atoms with E-state index in [1.165, 1.54) is 0 Å². The summed E-state index contributed by atoms with van der Waals surface area (Å²) in [7, 11) is 0. The molecule has 128 valence electrons. The maximum atomic E-state index is 12.3. The summed E-state index contributed by atoms with van der Waals surface area (Å²) in [5, 5.41) is 6.07. The van der Waals surface area contributed by atoms with Crippen molar-refractivity contribution in [3.63, 3.8) is 0 Å². The molecule has 1 fully saturated rings. The number of anilines is 1. The minimum absolute atomic E-state index is 0.0865. The van der Waals surface area contributed by atoms with Crippen LogP contribution in [0.5, 0.6) is 0 Å². The maximum absolute atomic E-state index is 12.3. The highest BCUT2D eigenvalue weighted by Gasteiger charge is 2.26. The molecule has 0 atom stereocenters. The molecule has 7 heteroatoms. The number of nitrogens with zero attached hydrogens (tertiary/aromatic N) is 4. The summed E-state index contributed by atoms with van der Waals surface area (Å²) in [5.41, 5.74) is 1.97. The molecule has 3 rings (SSSR count). The smallest absolute Gasteiger partial charge is 0.225 e. The highest BCUT2D eigenvalue weighted by Crippen LogP contribution is 2.21. The van der Waals surface area contributed by atoms with Crippen molar-refractivity contribution in [1.82, 2.24) is 20.3 Å². The fourth-order valence-corrected chi connectivity index (χ4v) is 3.62. The van der Waals surface area contributed by atoms with Crippen molar-refractivity contribution in [2.45, 2.75) is 33.1 Å². The Kier molecular flexibility index (Phi) is 5.40. The molecule has 0 bridgehead atoms. The van der Waals surface area contributed by atoms with Gasteiger partial charge in [-0.05, 0) is 32.8 Å². The molecule has 2 aromatic heterocycles. The van der Waals surface area contributed by atoms with Gasteiger partial charge in [0.05, 0.1) is 5.01 Å². The van der Waals surface area contributed by atoms with E-state index in [1.54, 1.807) is 17.5 Å².